The van der Waals surface area contributed by atoms with Crippen molar-refractivity contribution < 1.29 is 13.9 Å². The molecule has 5 rings (SSSR count). The Bertz CT molecular complexity index is 1130. The minimum Gasteiger partial charge on any atom is -0.496 e. The normalized spacial score (nSPS) is 19.3. The molecular formula is C24H24ClFN2O2. The van der Waals surface area contributed by atoms with E-state index in [0.29, 0.717) is 22.8 Å². The van der Waals surface area contributed by atoms with Crippen LogP contribution in [0.2, 0.25) is 5.02 Å². The fourth-order valence-electron chi connectivity index (χ4n) is 4.68. The molecule has 0 saturated carbocycles. The van der Waals surface area contributed by atoms with Gasteiger partial charge in [0.25, 0.3) is 0 Å². The molecule has 1 fully saturated rings. The summed E-state index contributed by atoms with van der Waals surface area (Å²) in [7, 11) is 1.64. The predicted molar refractivity (Wildman–Crippen MR) is 117 cm³/mol. The van der Waals surface area contributed by atoms with Gasteiger partial charge in [-0.05, 0) is 79.5 Å². The maximum Gasteiger partial charge on any atom is 0.240 e. The van der Waals surface area contributed by atoms with E-state index in [1.54, 1.807) is 11.8 Å². The Morgan fingerprint density at radius 3 is 2.83 bits per heavy atom. The van der Waals surface area contributed by atoms with Crippen LogP contribution in [0.5, 0.6) is 5.75 Å². The third-order valence-corrected chi connectivity index (χ3v) is 6.33. The van der Waals surface area contributed by atoms with E-state index in [1.165, 1.54) is 0 Å². The lowest BCUT2D eigenvalue weighted by atomic mass is 9.91. The molecule has 4 nitrogen and oxygen atoms in total. The van der Waals surface area contributed by atoms with Gasteiger partial charge in [0.05, 0.1) is 18.0 Å². The van der Waals surface area contributed by atoms with Crippen molar-refractivity contribution in [1.82, 2.24) is 9.78 Å². The van der Waals surface area contributed by atoms with E-state index in [4.69, 9.17) is 21.1 Å². The van der Waals surface area contributed by atoms with Gasteiger partial charge in [-0.1, -0.05) is 23.7 Å². The zero-order valence-corrected chi connectivity index (χ0v) is 17.7. The maximum absolute atomic E-state index is 15.2. The van der Waals surface area contributed by atoms with Crippen LogP contribution in [0, 0.1) is 5.95 Å². The molecule has 2 aromatic carbocycles. The maximum atomic E-state index is 15.2. The highest BCUT2D eigenvalue weighted by atomic mass is 35.5. The van der Waals surface area contributed by atoms with Gasteiger partial charge in [-0.3, -0.25) is 0 Å². The zero-order chi connectivity index (χ0) is 20.7. The standard InChI is InChI=1S/C24H24ClFN2O2/c1-29-21-14-15(25)9-10-18(21)16-6-2-3-7-19-17(16)11-12-20-23(19)24(26)27-28(20)22-8-4-5-13-30-22/h6,9-12,14,22H,2-5,7-8,13H2,1H3. The quantitative estimate of drug-likeness (QED) is 0.492. The van der Waals surface area contributed by atoms with Crippen molar-refractivity contribution in [3.8, 4) is 5.75 Å². The molecule has 1 aliphatic carbocycles. The monoisotopic (exact) mass is 426 g/mol. The van der Waals surface area contributed by atoms with Crippen LogP contribution >= 0.6 is 11.6 Å². The number of aryl methyl sites for hydroxylation is 1. The minimum absolute atomic E-state index is 0.194. The van der Waals surface area contributed by atoms with Crippen molar-refractivity contribution in [2.75, 3.05) is 13.7 Å². The van der Waals surface area contributed by atoms with Gasteiger partial charge in [0.1, 0.15) is 5.75 Å². The summed E-state index contributed by atoms with van der Waals surface area (Å²) >= 11 is 6.17. The number of allylic oxidation sites excluding steroid dienone is 1. The second-order valence-corrected chi connectivity index (χ2v) is 8.33. The number of nitrogens with zero attached hydrogens (tertiary/aromatic N) is 2. The number of hydrogen-bond acceptors (Lipinski definition) is 3. The van der Waals surface area contributed by atoms with Crippen molar-refractivity contribution in [3.63, 3.8) is 0 Å². The largest absolute Gasteiger partial charge is 0.496 e. The number of benzene rings is 2. The fourth-order valence-corrected chi connectivity index (χ4v) is 4.84. The van der Waals surface area contributed by atoms with E-state index >= 15 is 4.39 Å². The second kappa shape index (κ2) is 8.05. The van der Waals surface area contributed by atoms with Crippen LogP contribution in [0.1, 0.15) is 55.0 Å². The van der Waals surface area contributed by atoms with Gasteiger partial charge < -0.3 is 9.47 Å². The fraction of sp³-hybridized carbons (Fsp3) is 0.375. The van der Waals surface area contributed by atoms with Crippen molar-refractivity contribution in [1.29, 1.82) is 0 Å². The van der Waals surface area contributed by atoms with E-state index in [0.717, 1.165) is 66.3 Å². The molecule has 1 atom stereocenters. The number of ether oxygens (including phenoxy) is 2. The van der Waals surface area contributed by atoms with E-state index in [2.05, 4.69) is 17.2 Å². The first-order chi connectivity index (χ1) is 14.7. The summed E-state index contributed by atoms with van der Waals surface area (Å²) in [5.41, 5.74) is 4.87. The lowest BCUT2D eigenvalue weighted by Crippen LogP contribution is -2.19. The molecule has 156 valence electrons. The van der Waals surface area contributed by atoms with E-state index in [9.17, 15) is 0 Å². The van der Waals surface area contributed by atoms with E-state index in [-0.39, 0.29) is 6.23 Å². The first-order valence-electron chi connectivity index (χ1n) is 10.5. The highest BCUT2D eigenvalue weighted by molar-refractivity contribution is 6.30. The molecule has 2 aliphatic rings. The molecule has 0 N–H and O–H groups in total. The van der Waals surface area contributed by atoms with Gasteiger partial charge in [-0.15, -0.1) is 5.10 Å². The van der Waals surface area contributed by atoms with Crippen molar-refractivity contribution >= 4 is 28.1 Å². The summed E-state index contributed by atoms with van der Waals surface area (Å²) in [6, 6.07) is 9.72. The van der Waals surface area contributed by atoms with Gasteiger partial charge in [0.15, 0.2) is 6.23 Å². The van der Waals surface area contributed by atoms with Crippen LogP contribution in [0.15, 0.2) is 36.4 Å². The molecule has 1 saturated heterocycles. The number of methoxy groups -OCH3 is 1. The lowest BCUT2D eigenvalue weighted by Gasteiger charge is -2.23. The molecule has 30 heavy (non-hydrogen) atoms. The molecule has 0 spiro atoms. The average Bonchev–Trinajstić information content (AvgIpc) is 2.97. The molecule has 1 aliphatic heterocycles. The molecule has 3 aromatic rings. The first kappa shape index (κ1) is 19.6. The second-order valence-electron chi connectivity index (χ2n) is 7.90. The Balaban J connectivity index is 1.68. The highest BCUT2D eigenvalue weighted by Crippen LogP contribution is 2.40. The third kappa shape index (κ3) is 3.30. The topological polar surface area (TPSA) is 36.3 Å². The summed E-state index contributed by atoms with van der Waals surface area (Å²) in [6.45, 7) is 0.696. The smallest absolute Gasteiger partial charge is 0.240 e. The van der Waals surface area contributed by atoms with Gasteiger partial charge in [-0.25, -0.2) is 4.68 Å². The minimum atomic E-state index is -0.416. The molecule has 0 radical (unpaired) electrons. The summed E-state index contributed by atoms with van der Waals surface area (Å²) in [5, 5.41) is 5.50. The van der Waals surface area contributed by atoms with E-state index < -0.39 is 5.95 Å². The Morgan fingerprint density at radius 1 is 1.17 bits per heavy atom. The molecule has 6 heteroatoms. The third-order valence-electron chi connectivity index (χ3n) is 6.09. The van der Waals surface area contributed by atoms with Crippen LogP contribution < -0.4 is 4.74 Å². The first-order valence-corrected chi connectivity index (χ1v) is 10.9. The number of halogens is 2. The predicted octanol–water partition coefficient (Wildman–Crippen LogP) is 6.30. The molecular weight excluding hydrogens is 403 g/mol. The Labute approximate surface area is 180 Å². The van der Waals surface area contributed by atoms with Crippen molar-refractivity contribution in [3.05, 3.63) is 64.1 Å². The molecule has 0 amide bonds. The Hall–Kier alpha value is -2.37. The number of hydrogen-bond donors (Lipinski definition) is 0. The van der Waals surface area contributed by atoms with Crippen molar-refractivity contribution in [2.45, 2.75) is 44.8 Å². The number of fused-ring (bicyclic) bond motifs is 3. The highest BCUT2D eigenvalue weighted by Gasteiger charge is 2.26. The van der Waals surface area contributed by atoms with Crippen LogP contribution in [-0.4, -0.2) is 23.5 Å². The van der Waals surface area contributed by atoms with Gasteiger partial charge in [0, 0.05) is 17.2 Å². The summed E-state index contributed by atoms with van der Waals surface area (Å²) in [4.78, 5) is 0. The van der Waals surface area contributed by atoms with Gasteiger partial charge >= 0.3 is 0 Å². The molecule has 0 bridgehead atoms. The summed E-state index contributed by atoms with van der Waals surface area (Å²) < 4.78 is 28.4. The average molecular weight is 427 g/mol. The van der Waals surface area contributed by atoms with E-state index in [1.807, 2.05) is 24.3 Å². The van der Waals surface area contributed by atoms with Crippen LogP contribution in [0.3, 0.4) is 0 Å². The van der Waals surface area contributed by atoms with Crippen LogP contribution in [0.4, 0.5) is 4.39 Å². The zero-order valence-electron chi connectivity index (χ0n) is 17.0. The van der Waals surface area contributed by atoms with Gasteiger partial charge in [-0.2, -0.15) is 4.39 Å². The Kier molecular flexibility index (Phi) is 5.25. The summed E-state index contributed by atoms with van der Waals surface area (Å²) in [5.74, 6) is 0.300. The number of rotatable bonds is 3. The molecule has 1 unspecified atom stereocenters. The molecule has 1 aromatic heterocycles. The van der Waals surface area contributed by atoms with Crippen LogP contribution in [-0.2, 0) is 11.2 Å². The lowest BCUT2D eigenvalue weighted by molar-refractivity contribution is -0.0375. The van der Waals surface area contributed by atoms with Gasteiger partial charge in [0.2, 0.25) is 5.95 Å². The molecule has 2 heterocycles. The van der Waals surface area contributed by atoms with Crippen molar-refractivity contribution in [2.24, 2.45) is 0 Å². The Morgan fingerprint density at radius 2 is 2.03 bits per heavy atom. The van der Waals surface area contributed by atoms with Crippen LogP contribution in [0.25, 0.3) is 16.5 Å². The summed E-state index contributed by atoms with van der Waals surface area (Å²) in [6.07, 6.45) is 7.68. The number of aromatic nitrogens is 2. The SMILES string of the molecule is COc1cc(Cl)ccc1C1=CCCCc2c1ccc1c2c(F)nn1C1CCCCO1.